The van der Waals surface area contributed by atoms with Crippen LogP contribution < -0.4 is 0 Å². The molecule has 0 spiro atoms. The number of aromatic nitrogens is 1. The van der Waals surface area contributed by atoms with Gasteiger partial charge < -0.3 is 5.11 Å². The van der Waals surface area contributed by atoms with Gasteiger partial charge in [-0.15, -0.1) is 0 Å². The van der Waals surface area contributed by atoms with Gasteiger partial charge in [-0.3, -0.25) is 4.79 Å². The third kappa shape index (κ3) is 3.61. The molecule has 0 saturated heterocycles. The Balaban J connectivity index is 2.06. The van der Waals surface area contributed by atoms with Crippen LogP contribution in [0.3, 0.4) is 0 Å². The van der Waals surface area contributed by atoms with E-state index in [-0.39, 0.29) is 10.8 Å². The van der Waals surface area contributed by atoms with Crippen LogP contribution >= 0.6 is 0 Å². The molecule has 0 saturated carbocycles. The second-order valence-electron chi connectivity index (χ2n) is 6.06. The monoisotopic (exact) mass is 361 g/mol. The van der Waals surface area contributed by atoms with E-state index in [1.54, 1.807) is 18.2 Å². The molecule has 1 atom stereocenters. The van der Waals surface area contributed by atoms with Gasteiger partial charge in [0, 0.05) is 12.5 Å². The van der Waals surface area contributed by atoms with Crippen molar-refractivity contribution in [3.8, 4) is 0 Å². The Morgan fingerprint density at radius 3 is 2.12 bits per heavy atom. The molecule has 1 aliphatic carbocycles. The van der Waals surface area contributed by atoms with Gasteiger partial charge in [-0.25, -0.2) is 17.8 Å². The van der Waals surface area contributed by atoms with Crippen LogP contribution in [0.25, 0.3) is 11.1 Å². The van der Waals surface area contributed by atoms with Crippen molar-refractivity contribution in [1.82, 2.24) is 4.98 Å². The van der Waals surface area contributed by atoms with Gasteiger partial charge in [-0.05, 0) is 53.3 Å². The predicted octanol–water partition coefficient (Wildman–Crippen LogP) is 3.03. The molecule has 1 unspecified atom stereocenters. The summed E-state index contributed by atoms with van der Waals surface area (Å²) < 4.78 is 36.3. The topological polar surface area (TPSA) is 84.3 Å². The SMILES string of the molecule is CS(=O)(=O)c1ccc(C2=C(c3ccc(F)cc3)CC(C(=O)O)C2)cn1. The largest absolute Gasteiger partial charge is 0.481 e. The number of rotatable bonds is 4. The molecule has 25 heavy (non-hydrogen) atoms. The molecule has 7 heteroatoms. The lowest BCUT2D eigenvalue weighted by atomic mass is 9.98. The first kappa shape index (κ1) is 17.3. The minimum atomic E-state index is -3.40. The number of carboxylic acids is 1. The number of sulfone groups is 1. The molecular formula is C18H16FNO4S. The fourth-order valence-electron chi connectivity index (χ4n) is 3.00. The lowest BCUT2D eigenvalue weighted by Gasteiger charge is -2.08. The van der Waals surface area contributed by atoms with Gasteiger partial charge >= 0.3 is 5.97 Å². The smallest absolute Gasteiger partial charge is 0.307 e. The van der Waals surface area contributed by atoms with E-state index in [0.29, 0.717) is 18.4 Å². The number of pyridine rings is 1. The summed E-state index contributed by atoms with van der Waals surface area (Å²) >= 11 is 0. The van der Waals surface area contributed by atoms with Crippen LogP contribution in [0.1, 0.15) is 24.0 Å². The fourth-order valence-corrected chi connectivity index (χ4v) is 3.56. The number of aliphatic carboxylic acids is 1. The van der Waals surface area contributed by atoms with E-state index in [9.17, 15) is 22.7 Å². The zero-order chi connectivity index (χ0) is 18.2. The Hall–Kier alpha value is -2.54. The average Bonchev–Trinajstić information content (AvgIpc) is 3.00. The van der Waals surface area contributed by atoms with Crippen molar-refractivity contribution >= 4 is 27.0 Å². The molecule has 0 radical (unpaired) electrons. The summed E-state index contributed by atoms with van der Waals surface area (Å²) in [6.45, 7) is 0. The van der Waals surface area contributed by atoms with Crippen molar-refractivity contribution < 1.29 is 22.7 Å². The highest BCUT2D eigenvalue weighted by atomic mass is 32.2. The molecule has 0 fully saturated rings. The van der Waals surface area contributed by atoms with E-state index in [1.807, 2.05) is 0 Å². The number of hydrogen-bond donors (Lipinski definition) is 1. The third-order valence-corrected chi connectivity index (χ3v) is 5.27. The molecular weight excluding hydrogens is 345 g/mol. The Morgan fingerprint density at radius 2 is 1.64 bits per heavy atom. The maximum atomic E-state index is 13.2. The molecule has 1 aromatic heterocycles. The minimum absolute atomic E-state index is 0.0343. The van der Waals surface area contributed by atoms with Crippen LogP contribution in [-0.2, 0) is 14.6 Å². The molecule has 130 valence electrons. The van der Waals surface area contributed by atoms with Crippen molar-refractivity contribution in [3.63, 3.8) is 0 Å². The van der Waals surface area contributed by atoms with Crippen molar-refractivity contribution in [2.24, 2.45) is 5.92 Å². The number of benzene rings is 1. The van der Waals surface area contributed by atoms with Crippen molar-refractivity contribution in [3.05, 3.63) is 59.5 Å². The van der Waals surface area contributed by atoms with E-state index in [4.69, 9.17) is 0 Å². The summed E-state index contributed by atoms with van der Waals surface area (Å²) in [7, 11) is -3.40. The first-order chi connectivity index (χ1) is 11.8. The summed E-state index contributed by atoms with van der Waals surface area (Å²) in [5, 5.41) is 9.32. The van der Waals surface area contributed by atoms with Crippen molar-refractivity contribution in [2.75, 3.05) is 6.26 Å². The number of carboxylic acid groups (broad SMARTS) is 1. The molecule has 0 bridgehead atoms. The highest BCUT2D eigenvalue weighted by molar-refractivity contribution is 7.90. The fraction of sp³-hybridized carbons (Fsp3) is 0.222. The number of allylic oxidation sites excluding steroid dienone is 2. The Kier molecular flexibility index (Phi) is 4.43. The second-order valence-corrected chi connectivity index (χ2v) is 8.03. The summed E-state index contributed by atoms with van der Waals surface area (Å²) in [6.07, 6.45) is 3.18. The van der Waals surface area contributed by atoms with Gasteiger partial charge in [0.2, 0.25) is 0 Å². The first-order valence-corrected chi connectivity index (χ1v) is 9.52. The average molecular weight is 361 g/mol. The molecule has 1 aliphatic rings. The predicted molar refractivity (Wildman–Crippen MR) is 90.9 cm³/mol. The summed E-state index contributed by atoms with van der Waals surface area (Å²) in [5.74, 6) is -1.82. The maximum Gasteiger partial charge on any atom is 0.307 e. The van der Waals surface area contributed by atoms with E-state index in [2.05, 4.69) is 4.98 Å². The van der Waals surface area contributed by atoms with Crippen LogP contribution in [0.5, 0.6) is 0 Å². The van der Waals surface area contributed by atoms with Crippen LogP contribution in [-0.4, -0.2) is 30.7 Å². The molecule has 0 amide bonds. The Bertz CT molecular complexity index is 948. The molecule has 1 N–H and O–H groups in total. The standard InChI is InChI=1S/C18H16FNO4S/c1-25(23,24)17-7-4-12(10-20-17)16-9-13(18(21)22)8-15(16)11-2-5-14(19)6-3-11/h2-7,10,13H,8-9H2,1H3,(H,21,22). The molecule has 3 rings (SSSR count). The Labute approximate surface area is 144 Å². The van der Waals surface area contributed by atoms with Gasteiger partial charge in [-0.2, -0.15) is 0 Å². The van der Waals surface area contributed by atoms with Gasteiger partial charge in [0.1, 0.15) is 5.82 Å². The Morgan fingerprint density at radius 1 is 1.08 bits per heavy atom. The molecule has 1 aromatic carbocycles. The van der Waals surface area contributed by atoms with Crippen LogP contribution in [0.4, 0.5) is 4.39 Å². The van der Waals surface area contributed by atoms with Crippen molar-refractivity contribution in [1.29, 1.82) is 0 Å². The van der Waals surface area contributed by atoms with Crippen LogP contribution in [0.2, 0.25) is 0 Å². The zero-order valence-electron chi connectivity index (χ0n) is 13.4. The lowest BCUT2D eigenvalue weighted by Crippen LogP contribution is -2.09. The van der Waals surface area contributed by atoms with Gasteiger partial charge in [0.05, 0.1) is 5.92 Å². The number of halogens is 1. The van der Waals surface area contributed by atoms with Crippen molar-refractivity contribution in [2.45, 2.75) is 17.9 Å². The lowest BCUT2D eigenvalue weighted by molar-refractivity contribution is -0.141. The first-order valence-electron chi connectivity index (χ1n) is 7.63. The maximum absolute atomic E-state index is 13.2. The van der Waals surface area contributed by atoms with Crippen LogP contribution in [0, 0.1) is 11.7 Å². The summed E-state index contributed by atoms with van der Waals surface area (Å²) in [4.78, 5) is 15.4. The zero-order valence-corrected chi connectivity index (χ0v) is 14.3. The van der Waals surface area contributed by atoms with E-state index in [0.717, 1.165) is 23.0 Å². The molecule has 1 heterocycles. The number of hydrogen-bond acceptors (Lipinski definition) is 4. The molecule has 2 aromatic rings. The van der Waals surface area contributed by atoms with Gasteiger partial charge in [0.15, 0.2) is 14.9 Å². The number of nitrogens with zero attached hydrogens (tertiary/aromatic N) is 1. The quantitative estimate of drug-likeness (QED) is 0.905. The van der Waals surface area contributed by atoms with E-state index < -0.39 is 21.7 Å². The number of carbonyl (C=O) groups is 1. The van der Waals surface area contributed by atoms with Crippen LogP contribution in [0.15, 0.2) is 47.6 Å². The molecule has 5 nitrogen and oxygen atoms in total. The normalized spacial score (nSPS) is 17.8. The molecule has 0 aliphatic heterocycles. The van der Waals surface area contributed by atoms with E-state index in [1.165, 1.54) is 24.4 Å². The van der Waals surface area contributed by atoms with Gasteiger partial charge in [0.25, 0.3) is 0 Å². The minimum Gasteiger partial charge on any atom is -0.481 e. The summed E-state index contributed by atoms with van der Waals surface area (Å²) in [6, 6.07) is 8.94. The third-order valence-electron chi connectivity index (χ3n) is 4.27. The van der Waals surface area contributed by atoms with Gasteiger partial charge in [-0.1, -0.05) is 18.2 Å². The highest BCUT2D eigenvalue weighted by Gasteiger charge is 2.31. The second kappa shape index (κ2) is 6.40. The van der Waals surface area contributed by atoms with E-state index >= 15 is 0 Å². The summed E-state index contributed by atoms with van der Waals surface area (Å²) in [5.41, 5.74) is 3.05. The highest BCUT2D eigenvalue weighted by Crippen LogP contribution is 2.43.